The molecule has 0 spiro atoms. The average Bonchev–Trinajstić information content (AvgIpc) is 3.28. The van der Waals surface area contributed by atoms with E-state index >= 15 is 0 Å². The lowest BCUT2D eigenvalue weighted by Gasteiger charge is -2.12. The Balaban J connectivity index is 1.29. The summed E-state index contributed by atoms with van der Waals surface area (Å²) in [6.07, 6.45) is 3.47. The standard InChI is InChI=1S/C27H23N5O2/c1-17-5-11-23-24(14-17)32-26(31-23)18-6-8-20(9-7-18)29-27(33)30-21-10-12-25(34-2)22(15-21)19-4-3-13-28-16-19/h3-16H,1-2H3,(H,31,32)(H2,29,30,33). The SMILES string of the molecule is COc1ccc(NC(=O)Nc2ccc(-c3nc4cc(C)ccc4[nH]3)cc2)cc1-c1cccnc1. The van der Waals surface area contributed by atoms with E-state index in [9.17, 15) is 4.79 Å². The summed E-state index contributed by atoms with van der Waals surface area (Å²) < 4.78 is 5.46. The fraction of sp³-hybridized carbons (Fsp3) is 0.0741. The second kappa shape index (κ2) is 9.07. The fourth-order valence-corrected chi connectivity index (χ4v) is 3.79. The van der Waals surface area contributed by atoms with E-state index in [2.05, 4.69) is 37.7 Å². The van der Waals surface area contributed by atoms with Crippen LogP contribution in [0.25, 0.3) is 33.5 Å². The van der Waals surface area contributed by atoms with Crippen molar-refractivity contribution in [3.8, 4) is 28.3 Å². The molecule has 0 fully saturated rings. The first-order valence-corrected chi connectivity index (χ1v) is 10.8. The van der Waals surface area contributed by atoms with Crippen LogP contribution >= 0.6 is 0 Å². The van der Waals surface area contributed by atoms with Crippen LogP contribution < -0.4 is 15.4 Å². The van der Waals surface area contributed by atoms with E-state index in [-0.39, 0.29) is 6.03 Å². The largest absolute Gasteiger partial charge is 0.496 e. The Labute approximate surface area is 196 Å². The molecule has 0 radical (unpaired) electrons. The normalized spacial score (nSPS) is 10.8. The van der Waals surface area contributed by atoms with E-state index in [0.29, 0.717) is 17.1 Å². The van der Waals surface area contributed by atoms with E-state index in [4.69, 9.17) is 4.74 Å². The first-order chi connectivity index (χ1) is 16.6. The minimum Gasteiger partial charge on any atom is -0.496 e. The highest BCUT2D eigenvalue weighted by atomic mass is 16.5. The number of hydrogen-bond acceptors (Lipinski definition) is 4. The number of imidazole rings is 1. The molecule has 3 N–H and O–H groups in total. The van der Waals surface area contributed by atoms with Crippen molar-refractivity contribution in [2.24, 2.45) is 0 Å². The molecule has 7 heteroatoms. The Morgan fingerprint density at radius 3 is 2.47 bits per heavy atom. The van der Waals surface area contributed by atoms with Gasteiger partial charge in [-0.05, 0) is 73.2 Å². The predicted molar refractivity (Wildman–Crippen MR) is 135 cm³/mol. The van der Waals surface area contributed by atoms with Gasteiger partial charge < -0.3 is 20.4 Å². The Bertz CT molecular complexity index is 1460. The van der Waals surface area contributed by atoms with Gasteiger partial charge in [0, 0.05) is 40.5 Å². The summed E-state index contributed by atoms with van der Waals surface area (Å²) in [5.74, 6) is 1.49. The maximum absolute atomic E-state index is 12.6. The Morgan fingerprint density at radius 2 is 1.71 bits per heavy atom. The zero-order valence-electron chi connectivity index (χ0n) is 18.8. The smallest absolute Gasteiger partial charge is 0.323 e. The van der Waals surface area contributed by atoms with E-state index < -0.39 is 0 Å². The van der Waals surface area contributed by atoms with Gasteiger partial charge in [0.2, 0.25) is 0 Å². The summed E-state index contributed by atoms with van der Waals surface area (Å²) in [5.41, 5.74) is 7.10. The van der Waals surface area contributed by atoms with Crippen molar-refractivity contribution in [1.29, 1.82) is 0 Å². The van der Waals surface area contributed by atoms with Crippen molar-refractivity contribution >= 4 is 28.4 Å². The second-order valence-electron chi connectivity index (χ2n) is 7.92. The van der Waals surface area contributed by atoms with Gasteiger partial charge in [0.25, 0.3) is 0 Å². The van der Waals surface area contributed by atoms with Crippen LogP contribution in [-0.2, 0) is 0 Å². The number of aromatic amines is 1. The monoisotopic (exact) mass is 449 g/mol. The molecule has 2 aromatic heterocycles. The van der Waals surface area contributed by atoms with Gasteiger partial charge in [-0.1, -0.05) is 12.1 Å². The number of pyridine rings is 1. The molecule has 7 nitrogen and oxygen atoms in total. The number of aryl methyl sites for hydroxylation is 1. The minimum absolute atomic E-state index is 0.339. The molecule has 0 unspecified atom stereocenters. The molecule has 5 rings (SSSR count). The first kappa shape index (κ1) is 21.2. The van der Waals surface area contributed by atoms with E-state index in [1.807, 2.05) is 61.5 Å². The summed E-state index contributed by atoms with van der Waals surface area (Å²) in [4.78, 5) is 24.8. The zero-order chi connectivity index (χ0) is 23.5. The predicted octanol–water partition coefficient (Wildman–Crippen LogP) is 6.25. The molecule has 0 aliphatic rings. The lowest BCUT2D eigenvalue weighted by molar-refractivity contribution is 0.262. The fourth-order valence-electron chi connectivity index (χ4n) is 3.79. The van der Waals surface area contributed by atoms with Crippen molar-refractivity contribution in [2.75, 3.05) is 17.7 Å². The molecule has 168 valence electrons. The number of fused-ring (bicyclic) bond motifs is 1. The maximum Gasteiger partial charge on any atom is 0.323 e. The van der Waals surface area contributed by atoms with Gasteiger partial charge in [0.1, 0.15) is 11.6 Å². The highest BCUT2D eigenvalue weighted by Crippen LogP contribution is 2.32. The number of ether oxygens (including phenoxy) is 1. The number of nitrogens with one attached hydrogen (secondary N) is 3. The zero-order valence-corrected chi connectivity index (χ0v) is 18.8. The molecule has 34 heavy (non-hydrogen) atoms. The number of carbonyl (C=O) groups excluding carboxylic acids is 1. The van der Waals surface area contributed by atoms with E-state index in [1.54, 1.807) is 25.6 Å². The average molecular weight is 450 g/mol. The number of anilines is 2. The van der Waals surface area contributed by atoms with Crippen LogP contribution in [0, 0.1) is 6.92 Å². The number of methoxy groups -OCH3 is 1. The van der Waals surface area contributed by atoms with Gasteiger partial charge in [-0.3, -0.25) is 4.98 Å². The molecule has 5 aromatic rings. The molecule has 0 bridgehead atoms. The Kier molecular flexibility index (Phi) is 5.66. The Morgan fingerprint density at radius 1 is 0.912 bits per heavy atom. The number of rotatable bonds is 5. The molecular weight excluding hydrogens is 426 g/mol. The van der Waals surface area contributed by atoms with Gasteiger partial charge in [0.15, 0.2) is 0 Å². The van der Waals surface area contributed by atoms with Crippen LogP contribution in [0.4, 0.5) is 16.2 Å². The van der Waals surface area contributed by atoms with Crippen LogP contribution in [-0.4, -0.2) is 28.1 Å². The lowest BCUT2D eigenvalue weighted by atomic mass is 10.1. The third-order valence-corrected chi connectivity index (χ3v) is 5.48. The number of urea groups is 1. The number of carbonyl (C=O) groups is 1. The van der Waals surface area contributed by atoms with Crippen LogP contribution in [0.1, 0.15) is 5.56 Å². The second-order valence-corrected chi connectivity index (χ2v) is 7.92. The number of benzene rings is 3. The summed E-state index contributed by atoms with van der Waals surface area (Å²) in [5, 5.41) is 5.74. The van der Waals surface area contributed by atoms with Crippen molar-refractivity contribution in [1.82, 2.24) is 15.0 Å². The molecular formula is C27H23N5O2. The number of H-pyrrole nitrogens is 1. The molecule has 3 aromatic carbocycles. The van der Waals surface area contributed by atoms with Crippen LogP contribution in [0.3, 0.4) is 0 Å². The van der Waals surface area contributed by atoms with Crippen LogP contribution in [0.5, 0.6) is 5.75 Å². The highest BCUT2D eigenvalue weighted by Gasteiger charge is 2.10. The van der Waals surface area contributed by atoms with Gasteiger partial charge in [-0.15, -0.1) is 0 Å². The van der Waals surface area contributed by atoms with Gasteiger partial charge >= 0.3 is 6.03 Å². The summed E-state index contributed by atoms with van der Waals surface area (Å²) >= 11 is 0. The number of aromatic nitrogens is 3. The summed E-state index contributed by atoms with van der Waals surface area (Å²) in [6.45, 7) is 2.05. The van der Waals surface area contributed by atoms with Gasteiger partial charge in [0.05, 0.1) is 18.1 Å². The molecule has 0 aliphatic heterocycles. The highest BCUT2D eigenvalue weighted by molar-refractivity contribution is 6.00. The summed E-state index contributed by atoms with van der Waals surface area (Å²) in [6, 6.07) is 22.6. The minimum atomic E-state index is -0.339. The number of hydrogen-bond donors (Lipinski definition) is 3. The van der Waals surface area contributed by atoms with E-state index in [1.165, 1.54) is 5.56 Å². The quantitative estimate of drug-likeness (QED) is 0.296. The lowest BCUT2D eigenvalue weighted by Crippen LogP contribution is -2.19. The molecule has 0 aliphatic carbocycles. The van der Waals surface area contributed by atoms with Crippen molar-refractivity contribution < 1.29 is 9.53 Å². The maximum atomic E-state index is 12.6. The van der Waals surface area contributed by atoms with Gasteiger partial charge in [-0.25, -0.2) is 9.78 Å². The molecule has 2 heterocycles. The van der Waals surface area contributed by atoms with Gasteiger partial charge in [-0.2, -0.15) is 0 Å². The van der Waals surface area contributed by atoms with Crippen LogP contribution in [0.15, 0.2) is 85.2 Å². The van der Waals surface area contributed by atoms with Crippen molar-refractivity contribution in [3.05, 3.63) is 90.8 Å². The van der Waals surface area contributed by atoms with Crippen molar-refractivity contribution in [2.45, 2.75) is 6.92 Å². The number of nitrogens with zero attached hydrogens (tertiary/aromatic N) is 2. The Hall–Kier alpha value is -4.65. The summed E-state index contributed by atoms with van der Waals surface area (Å²) in [7, 11) is 1.62. The van der Waals surface area contributed by atoms with E-state index in [0.717, 1.165) is 33.5 Å². The molecule has 0 atom stereocenters. The molecule has 0 saturated carbocycles. The number of amides is 2. The third-order valence-electron chi connectivity index (χ3n) is 5.48. The topological polar surface area (TPSA) is 91.9 Å². The third kappa shape index (κ3) is 4.45. The molecule has 0 saturated heterocycles. The molecule has 2 amide bonds. The van der Waals surface area contributed by atoms with Crippen molar-refractivity contribution in [3.63, 3.8) is 0 Å². The first-order valence-electron chi connectivity index (χ1n) is 10.8. The van der Waals surface area contributed by atoms with Crippen LogP contribution in [0.2, 0.25) is 0 Å².